The molecular formula is C16H28N2O4. The molecule has 0 aromatic carbocycles. The van der Waals surface area contributed by atoms with E-state index in [1.54, 1.807) is 0 Å². The molecule has 0 aromatic rings. The monoisotopic (exact) mass is 312 g/mol. The van der Waals surface area contributed by atoms with Gasteiger partial charge in [-0.05, 0) is 58.9 Å². The largest absolute Gasteiger partial charge is 0.480 e. The molecule has 22 heavy (non-hydrogen) atoms. The van der Waals surface area contributed by atoms with Crippen LogP contribution in [0.25, 0.3) is 0 Å². The van der Waals surface area contributed by atoms with E-state index in [2.05, 4.69) is 0 Å². The first-order chi connectivity index (χ1) is 10.2. The molecule has 2 rings (SSSR count). The van der Waals surface area contributed by atoms with Gasteiger partial charge in [0.15, 0.2) is 0 Å². The molecule has 2 aliphatic rings. The van der Waals surface area contributed by atoms with Crippen LogP contribution in [0.3, 0.4) is 0 Å². The Morgan fingerprint density at radius 3 is 2.50 bits per heavy atom. The van der Waals surface area contributed by atoms with Gasteiger partial charge in [0, 0.05) is 19.1 Å². The number of carbonyl (C=O) groups excluding carboxylic acids is 1. The Bertz CT molecular complexity index is 415. The van der Waals surface area contributed by atoms with Crippen molar-refractivity contribution in [1.29, 1.82) is 0 Å². The summed E-state index contributed by atoms with van der Waals surface area (Å²) in [7, 11) is 0. The Hall–Kier alpha value is -1.30. The Labute approximate surface area is 132 Å². The third kappa shape index (κ3) is 5.48. The molecule has 1 atom stereocenters. The van der Waals surface area contributed by atoms with E-state index in [0.29, 0.717) is 18.5 Å². The molecule has 0 unspecified atom stereocenters. The lowest BCUT2D eigenvalue weighted by Gasteiger charge is -2.35. The first-order valence-corrected chi connectivity index (χ1v) is 8.18. The van der Waals surface area contributed by atoms with Gasteiger partial charge in [-0.15, -0.1) is 0 Å². The van der Waals surface area contributed by atoms with Gasteiger partial charge in [-0.1, -0.05) is 0 Å². The van der Waals surface area contributed by atoms with Crippen LogP contribution in [0.1, 0.15) is 46.5 Å². The summed E-state index contributed by atoms with van der Waals surface area (Å²) < 4.78 is 5.51. The second kappa shape index (κ2) is 6.86. The van der Waals surface area contributed by atoms with E-state index in [1.807, 2.05) is 30.6 Å². The van der Waals surface area contributed by atoms with Crippen molar-refractivity contribution in [3.8, 4) is 0 Å². The second-order valence-corrected chi connectivity index (χ2v) is 7.50. The van der Waals surface area contributed by atoms with E-state index in [-0.39, 0.29) is 12.6 Å². The minimum Gasteiger partial charge on any atom is -0.480 e. The molecule has 6 heteroatoms. The molecule has 1 saturated carbocycles. The molecule has 0 radical (unpaired) electrons. The molecule has 1 heterocycles. The molecular weight excluding hydrogens is 284 g/mol. The number of piperidine rings is 1. The van der Waals surface area contributed by atoms with Crippen LogP contribution >= 0.6 is 0 Å². The number of carboxylic acids is 1. The summed E-state index contributed by atoms with van der Waals surface area (Å²) in [4.78, 5) is 27.1. The van der Waals surface area contributed by atoms with Crippen LogP contribution in [-0.2, 0) is 9.53 Å². The zero-order valence-electron chi connectivity index (χ0n) is 13.9. The van der Waals surface area contributed by atoms with Crippen LogP contribution in [0.5, 0.6) is 0 Å². The number of hydrogen-bond acceptors (Lipinski definition) is 4. The summed E-state index contributed by atoms with van der Waals surface area (Å²) in [5.74, 6) is -0.451. The topological polar surface area (TPSA) is 70.1 Å². The van der Waals surface area contributed by atoms with Gasteiger partial charge in [0.05, 0.1) is 6.54 Å². The third-order valence-electron chi connectivity index (χ3n) is 4.03. The van der Waals surface area contributed by atoms with Crippen LogP contribution in [0.4, 0.5) is 4.79 Å². The zero-order valence-corrected chi connectivity index (χ0v) is 13.9. The molecule has 1 saturated heterocycles. The summed E-state index contributed by atoms with van der Waals surface area (Å²) in [6.07, 6.45) is 3.90. The lowest BCUT2D eigenvalue weighted by Crippen LogP contribution is -2.46. The fraction of sp³-hybridized carbons (Fsp3) is 0.875. The molecule has 1 N–H and O–H groups in total. The first kappa shape index (κ1) is 17.1. The van der Waals surface area contributed by atoms with Crippen LogP contribution in [0.2, 0.25) is 0 Å². The summed E-state index contributed by atoms with van der Waals surface area (Å²) in [5.41, 5.74) is -0.480. The van der Waals surface area contributed by atoms with E-state index >= 15 is 0 Å². The molecule has 1 aliphatic carbocycles. The van der Waals surface area contributed by atoms with Crippen LogP contribution in [0, 0.1) is 5.92 Å². The smallest absolute Gasteiger partial charge is 0.410 e. The van der Waals surface area contributed by atoms with Gasteiger partial charge in [0.1, 0.15) is 5.60 Å². The highest BCUT2D eigenvalue weighted by molar-refractivity contribution is 5.69. The summed E-state index contributed by atoms with van der Waals surface area (Å²) in [6.45, 7) is 7.99. The Balaban J connectivity index is 1.90. The van der Waals surface area contributed by atoms with Crippen LogP contribution in [-0.4, -0.2) is 64.8 Å². The summed E-state index contributed by atoms with van der Waals surface area (Å²) in [5, 5.41) is 8.92. The number of carboxylic acid groups (broad SMARTS) is 1. The number of carbonyl (C=O) groups is 2. The number of aliphatic carboxylic acids is 1. The number of ether oxygens (including phenoxy) is 1. The van der Waals surface area contributed by atoms with Crippen molar-refractivity contribution in [3.05, 3.63) is 0 Å². The van der Waals surface area contributed by atoms with Crippen molar-refractivity contribution < 1.29 is 19.4 Å². The minimum absolute atomic E-state index is 0.0896. The number of rotatable bonds is 5. The van der Waals surface area contributed by atoms with Gasteiger partial charge in [0.2, 0.25) is 0 Å². The van der Waals surface area contributed by atoms with Crippen molar-refractivity contribution in [2.24, 2.45) is 5.92 Å². The van der Waals surface area contributed by atoms with Gasteiger partial charge < -0.3 is 14.7 Å². The molecule has 0 bridgehead atoms. The third-order valence-corrected chi connectivity index (χ3v) is 4.03. The maximum atomic E-state index is 12.4. The second-order valence-electron chi connectivity index (χ2n) is 7.50. The predicted octanol–water partition coefficient (Wildman–Crippen LogP) is 2.18. The van der Waals surface area contributed by atoms with Gasteiger partial charge in [-0.2, -0.15) is 0 Å². The summed E-state index contributed by atoms with van der Waals surface area (Å²) in [6, 6.07) is 0.310. The van der Waals surface area contributed by atoms with Gasteiger partial charge in [-0.25, -0.2) is 4.79 Å². The van der Waals surface area contributed by atoms with E-state index in [1.165, 1.54) is 0 Å². The minimum atomic E-state index is -0.785. The number of nitrogens with zero attached hydrogens (tertiary/aromatic N) is 2. The molecule has 2 fully saturated rings. The fourth-order valence-electron chi connectivity index (χ4n) is 2.99. The first-order valence-electron chi connectivity index (χ1n) is 8.18. The zero-order chi connectivity index (χ0) is 16.3. The molecule has 126 valence electrons. The van der Waals surface area contributed by atoms with E-state index in [9.17, 15) is 9.59 Å². The molecule has 0 aromatic heterocycles. The lowest BCUT2D eigenvalue weighted by atomic mass is 9.97. The average molecular weight is 312 g/mol. The summed E-state index contributed by atoms with van der Waals surface area (Å²) >= 11 is 0. The van der Waals surface area contributed by atoms with Crippen LogP contribution in [0.15, 0.2) is 0 Å². The normalized spacial score (nSPS) is 23.1. The van der Waals surface area contributed by atoms with Crippen LogP contribution < -0.4 is 0 Å². The lowest BCUT2D eigenvalue weighted by molar-refractivity contribution is -0.138. The molecule has 1 amide bonds. The SMILES string of the molecule is CC(C)(C)OC(=O)N(C[C@H]1CCCN(CC(=O)O)C1)C1CC1. The number of hydrogen-bond donors (Lipinski definition) is 1. The Kier molecular flexibility index (Phi) is 5.32. The Morgan fingerprint density at radius 2 is 1.95 bits per heavy atom. The van der Waals surface area contributed by atoms with E-state index in [4.69, 9.17) is 9.84 Å². The Morgan fingerprint density at radius 1 is 1.27 bits per heavy atom. The maximum absolute atomic E-state index is 12.4. The molecule has 6 nitrogen and oxygen atoms in total. The fourth-order valence-corrected chi connectivity index (χ4v) is 2.99. The van der Waals surface area contributed by atoms with Crippen molar-refractivity contribution in [1.82, 2.24) is 9.80 Å². The van der Waals surface area contributed by atoms with E-state index in [0.717, 1.165) is 38.8 Å². The molecule has 0 spiro atoms. The molecule has 1 aliphatic heterocycles. The van der Waals surface area contributed by atoms with Crippen molar-refractivity contribution >= 4 is 12.1 Å². The standard InChI is InChI=1S/C16H28N2O4/c1-16(2,3)22-15(21)18(13-6-7-13)10-12-5-4-8-17(9-12)11-14(19)20/h12-13H,4-11H2,1-3H3,(H,19,20)/t12-/m0/s1. The maximum Gasteiger partial charge on any atom is 0.410 e. The van der Waals surface area contributed by atoms with E-state index < -0.39 is 11.6 Å². The van der Waals surface area contributed by atoms with Crippen molar-refractivity contribution in [2.75, 3.05) is 26.2 Å². The number of amides is 1. The average Bonchev–Trinajstić information content (AvgIpc) is 3.17. The van der Waals surface area contributed by atoms with Gasteiger partial charge in [-0.3, -0.25) is 9.69 Å². The van der Waals surface area contributed by atoms with Crippen molar-refractivity contribution in [2.45, 2.75) is 58.1 Å². The quantitative estimate of drug-likeness (QED) is 0.842. The predicted molar refractivity (Wildman–Crippen MR) is 82.8 cm³/mol. The highest BCUT2D eigenvalue weighted by Gasteiger charge is 2.37. The number of likely N-dealkylation sites (tertiary alicyclic amines) is 1. The van der Waals surface area contributed by atoms with Gasteiger partial charge >= 0.3 is 12.1 Å². The van der Waals surface area contributed by atoms with Crippen molar-refractivity contribution in [3.63, 3.8) is 0 Å². The highest BCUT2D eigenvalue weighted by Crippen LogP contribution is 2.30. The van der Waals surface area contributed by atoms with Gasteiger partial charge in [0.25, 0.3) is 0 Å². The highest BCUT2D eigenvalue weighted by atomic mass is 16.6.